The van der Waals surface area contributed by atoms with Gasteiger partial charge >= 0.3 is 0 Å². The summed E-state index contributed by atoms with van der Waals surface area (Å²) in [6.45, 7) is 2.39. The van der Waals surface area contributed by atoms with E-state index in [-0.39, 0.29) is 12.0 Å². The highest BCUT2D eigenvalue weighted by molar-refractivity contribution is 7.09. The number of hydrogen-bond acceptors (Lipinski definition) is 5. The number of nitrogens with zero attached hydrogens (tertiary/aromatic N) is 1. The molecule has 26 heavy (non-hydrogen) atoms. The zero-order valence-corrected chi connectivity index (χ0v) is 16.5. The second-order valence-electron chi connectivity index (χ2n) is 6.24. The standard InChI is InChI=1S/C19H17ClN2O2S2/c1-11-22-15(10-26-11)7-18(23)21-8-16-5-14-4-13(12-2-3-25-9-12)6-17(20)19(14)24-16/h2-4,6,9-10,16H,5,7-8H2,1H3,(H,21,23)/t16-/m0/s1. The molecule has 7 heteroatoms. The first-order chi connectivity index (χ1) is 12.6. The number of carbonyl (C=O) groups excluding carboxylic acids is 1. The fraction of sp³-hybridized carbons (Fsp3) is 0.263. The SMILES string of the molecule is Cc1nc(CC(=O)NC[C@@H]2Cc3cc(-c4ccsc4)cc(Cl)c3O2)cs1. The van der Waals surface area contributed by atoms with Gasteiger partial charge in [0.2, 0.25) is 5.91 Å². The number of thiazole rings is 1. The average Bonchev–Trinajstić information content (AvgIpc) is 3.33. The Hall–Kier alpha value is -1.89. The number of halogens is 1. The van der Waals surface area contributed by atoms with Crippen LogP contribution in [-0.4, -0.2) is 23.5 Å². The van der Waals surface area contributed by atoms with Gasteiger partial charge in [0.15, 0.2) is 0 Å². The van der Waals surface area contributed by atoms with Gasteiger partial charge < -0.3 is 10.1 Å². The van der Waals surface area contributed by atoms with Gasteiger partial charge in [0.05, 0.1) is 28.7 Å². The van der Waals surface area contributed by atoms with E-state index in [1.54, 1.807) is 22.7 Å². The van der Waals surface area contributed by atoms with Crippen LogP contribution < -0.4 is 10.1 Å². The van der Waals surface area contributed by atoms with Crippen LogP contribution in [0.15, 0.2) is 34.3 Å². The minimum Gasteiger partial charge on any atom is -0.486 e. The molecule has 134 valence electrons. The van der Waals surface area contributed by atoms with Crippen molar-refractivity contribution >= 4 is 40.2 Å². The van der Waals surface area contributed by atoms with E-state index < -0.39 is 0 Å². The molecular formula is C19H17ClN2O2S2. The van der Waals surface area contributed by atoms with E-state index in [1.807, 2.05) is 18.4 Å². The summed E-state index contributed by atoms with van der Waals surface area (Å²) in [6, 6.07) is 6.15. The predicted octanol–water partition coefficient (Wildman–Crippen LogP) is 4.50. The summed E-state index contributed by atoms with van der Waals surface area (Å²) in [5.41, 5.74) is 4.16. The van der Waals surface area contributed by atoms with Crippen molar-refractivity contribution in [2.45, 2.75) is 25.9 Å². The Labute approximate surface area is 164 Å². The van der Waals surface area contributed by atoms with Gasteiger partial charge in [0, 0.05) is 17.4 Å². The summed E-state index contributed by atoms with van der Waals surface area (Å²) in [4.78, 5) is 16.4. The topological polar surface area (TPSA) is 51.2 Å². The van der Waals surface area contributed by atoms with Crippen molar-refractivity contribution < 1.29 is 9.53 Å². The predicted molar refractivity (Wildman–Crippen MR) is 106 cm³/mol. The number of nitrogens with one attached hydrogen (secondary N) is 1. The largest absolute Gasteiger partial charge is 0.486 e. The van der Waals surface area contributed by atoms with Crippen LogP contribution in [-0.2, 0) is 17.6 Å². The Morgan fingerprint density at radius 2 is 2.27 bits per heavy atom. The molecule has 0 fully saturated rings. The summed E-state index contributed by atoms with van der Waals surface area (Å²) >= 11 is 9.63. The number of benzene rings is 1. The third-order valence-corrected chi connectivity index (χ3v) is 6.03. The van der Waals surface area contributed by atoms with E-state index in [2.05, 4.69) is 33.2 Å². The molecule has 0 unspecified atom stereocenters. The number of rotatable bonds is 5. The highest BCUT2D eigenvalue weighted by Gasteiger charge is 2.26. The normalized spacial score (nSPS) is 15.5. The van der Waals surface area contributed by atoms with Crippen LogP contribution in [0.5, 0.6) is 5.75 Å². The molecule has 2 aromatic heterocycles. The number of thiophene rings is 1. The Balaban J connectivity index is 1.38. The highest BCUT2D eigenvalue weighted by Crippen LogP contribution is 2.39. The number of aromatic nitrogens is 1. The van der Waals surface area contributed by atoms with Gasteiger partial charge in [-0.15, -0.1) is 11.3 Å². The van der Waals surface area contributed by atoms with Gasteiger partial charge in [-0.2, -0.15) is 11.3 Å². The second kappa shape index (κ2) is 7.39. The van der Waals surface area contributed by atoms with Gasteiger partial charge in [-0.25, -0.2) is 4.98 Å². The first-order valence-corrected chi connectivity index (χ1v) is 10.5. The Bertz CT molecular complexity index is 937. The first-order valence-electron chi connectivity index (χ1n) is 8.28. The maximum absolute atomic E-state index is 12.1. The summed E-state index contributed by atoms with van der Waals surface area (Å²) < 4.78 is 5.96. The Morgan fingerprint density at radius 3 is 3.00 bits per heavy atom. The number of hydrogen-bond donors (Lipinski definition) is 1. The first kappa shape index (κ1) is 17.5. The van der Waals surface area contributed by atoms with Crippen LogP contribution in [0.3, 0.4) is 0 Å². The molecule has 1 N–H and O–H groups in total. The summed E-state index contributed by atoms with van der Waals surface area (Å²) in [5.74, 6) is 0.694. The maximum Gasteiger partial charge on any atom is 0.226 e. The van der Waals surface area contributed by atoms with E-state index >= 15 is 0 Å². The number of aryl methyl sites for hydroxylation is 1. The van der Waals surface area contributed by atoms with E-state index in [0.717, 1.165) is 39.6 Å². The minimum absolute atomic E-state index is 0.0417. The Kier molecular flexibility index (Phi) is 4.98. The molecule has 4 rings (SSSR count). The molecular weight excluding hydrogens is 388 g/mol. The van der Waals surface area contributed by atoms with E-state index in [4.69, 9.17) is 16.3 Å². The lowest BCUT2D eigenvalue weighted by Gasteiger charge is -2.12. The van der Waals surface area contributed by atoms with Crippen molar-refractivity contribution in [3.05, 3.63) is 55.6 Å². The van der Waals surface area contributed by atoms with E-state index in [0.29, 0.717) is 18.0 Å². The molecule has 3 heterocycles. The molecule has 0 aliphatic carbocycles. The van der Waals surface area contributed by atoms with Crippen LogP contribution >= 0.6 is 34.3 Å². The van der Waals surface area contributed by atoms with Crippen molar-refractivity contribution in [1.82, 2.24) is 10.3 Å². The lowest BCUT2D eigenvalue weighted by molar-refractivity contribution is -0.120. The molecule has 4 nitrogen and oxygen atoms in total. The van der Waals surface area contributed by atoms with Gasteiger partial charge in [-0.1, -0.05) is 11.6 Å². The quantitative estimate of drug-likeness (QED) is 0.681. The fourth-order valence-corrected chi connectivity index (χ4v) is 4.60. The lowest BCUT2D eigenvalue weighted by Crippen LogP contribution is -2.35. The second-order valence-corrected chi connectivity index (χ2v) is 8.49. The van der Waals surface area contributed by atoms with Crippen LogP contribution in [0.25, 0.3) is 11.1 Å². The number of carbonyl (C=O) groups is 1. The van der Waals surface area contributed by atoms with Crippen LogP contribution in [0.1, 0.15) is 16.3 Å². The summed E-state index contributed by atoms with van der Waals surface area (Å²) in [5, 5.41) is 10.6. The minimum atomic E-state index is -0.0960. The van der Waals surface area contributed by atoms with Crippen molar-refractivity contribution in [2.24, 2.45) is 0 Å². The number of amides is 1. The van der Waals surface area contributed by atoms with E-state index in [1.165, 1.54) is 0 Å². The number of ether oxygens (including phenoxy) is 1. The third-order valence-electron chi connectivity index (χ3n) is 4.24. The highest BCUT2D eigenvalue weighted by atomic mass is 35.5. The van der Waals surface area contributed by atoms with Crippen molar-refractivity contribution in [1.29, 1.82) is 0 Å². The summed E-state index contributed by atoms with van der Waals surface area (Å²) in [6.07, 6.45) is 0.942. The molecule has 3 aromatic rings. The molecule has 1 aliphatic heterocycles. The molecule has 0 saturated carbocycles. The van der Waals surface area contributed by atoms with Crippen LogP contribution in [0, 0.1) is 6.92 Å². The molecule has 1 amide bonds. The molecule has 0 radical (unpaired) electrons. The molecule has 0 bridgehead atoms. The smallest absolute Gasteiger partial charge is 0.226 e. The van der Waals surface area contributed by atoms with Gasteiger partial charge in [0.25, 0.3) is 0 Å². The molecule has 1 aromatic carbocycles. The Morgan fingerprint density at radius 1 is 1.38 bits per heavy atom. The average molecular weight is 405 g/mol. The summed E-state index contributed by atoms with van der Waals surface area (Å²) in [7, 11) is 0. The van der Waals surface area contributed by atoms with Crippen molar-refractivity contribution in [3.8, 4) is 16.9 Å². The van der Waals surface area contributed by atoms with E-state index in [9.17, 15) is 4.79 Å². The maximum atomic E-state index is 12.1. The van der Waals surface area contributed by atoms with Crippen molar-refractivity contribution in [2.75, 3.05) is 6.54 Å². The number of fused-ring (bicyclic) bond motifs is 1. The monoisotopic (exact) mass is 404 g/mol. The van der Waals surface area contributed by atoms with Crippen LogP contribution in [0.2, 0.25) is 5.02 Å². The van der Waals surface area contributed by atoms with Gasteiger partial charge in [-0.05, 0) is 47.0 Å². The fourth-order valence-electron chi connectivity index (χ4n) is 3.04. The zero-order valence-electron chi connectivity index (χ0n) is 14.1. The molecule has 0 saturated heterocycles. The zero-order chi connectivity index (χ0) is 18.1. The molecule has 0 spiro atoms. The third kappa shape index (κ3) is 3.77. The lowest BCUT2D eigenvalue weighted by atomic mass is 10.0. The molecule has 1 atom stereocenters. The van der Waals surface area contributed by atoms with Crippen LogP contribution in [0.4, 0.5) is 0 Å². The van der Waals surface area contributed by atoms with Crippen molar-refractivity contribution in [3.63, 3.8) is 0 Å². The molecule has 1 aliphatic rings. The van der Waals surface area contributed by atoms with Gasteiger partial charge in [0.1, 0.15) is 11.9 Å². The van der Waals surface area contributed by atoms with Gasteiger partial charge in [-0.3, -0.25) is 4.79 Å².